The van der Waals surface area contributed by atoms with E-state index in [-0.39, 0.29) is 18.4 Å². The summed E-state index contributed by atoms with van der Waals surface area (Å²) in [6.45, 7) is 2.00. The summed E-state index contributed by atoms with van der Waals surface area (Å²) in [7, 11) is 0. The van der Waals surface area contributed by atoms with Crippen LogP contribution < -0.4 is 5.32 Å². The van der Waals surface area contributed by atoms with Gasteiger partial charge in [0.1, 0.15) is 0 Å². The van der Waals surface area contributed by atoms with Gasteiger partial charge in [-0.25, -0.2) is 0 Å². The van der Waals surface area contributed by atoms with Crippen LogP contribution in [0.4, 0.5) is 0 Å². The Morgan fingerprint density at radius 2 is 1.88 bits per heavy atom. The lowest BCUT2D eigenvalue weighted by Gasteiger charge is -2.35. The summed E-state index contributed by atoms with van der Waals surface area (Å²) in [5.74, 6) is -0.718. The van der Waals surface area contributed by atoms with Crippen molar-refractivity contribution in [2.75, 3.05) is 19.7 Å². The number of carboxylic acid groups (broad SMARTS) is 1. The number of hydrogen-bond acceptors (Lipinski definition) is 3. The Bertz CT molecular complexity index is 225. The van der Waals surface area contributed by atoms with Crippen molar-refractivity contribution in [1.82, 2.24) is 5.32 Å². The van der Waals surface area contributed by atoms with Gasteiger partial charge in [0.25, 0.3) is 0 Å². The van der Waals surface area contributed by atoms with Gasteiger partial charge in [0, 0.05) is 25.0 Å². The zero-order valence-electron chi connectivity index (χ0n) is 10.6. The van der Waals surface area contributed by atoms with Crippen LogP contribution in [0.25, 0.3) is 0 Å². The van der Waals surface area contributed by atoms with Gasteiger partial charge in [-0.1, -0.05) is 19.3 Å². The minimum Gasteiger partial charge on any atom is -0.481 e. The third-order valence-corrected chi connectivity index (χ3v) is 3.74. The van der Waals surface area contributed by atoms with Crippen molar-refractivity contribution in [3.05, 3.63) is 0 Å². The van der Waals surface area contributed by atoms with Crippen LogP contribution in [0.5, 0.6) is 0 Å². The minimum absolute atomic E-state index is 0.0883. The highest BCUT2D eigenvalue weighted by atomic mass is 16.4. The Hall–Kier alpha value is -0.610. The van der Waals surface area contributed by atoms with E-state index < -0.39 is 5.97 Å². The van der Waals surface area contributed by atoms with Crippen molar-refractivity contribution in [2.24, 2.45) is 5.41 Å². The summed E-state index contributed by atoms with van der Waals surface area (Å²) in [6, 6.07) is 0. The monoisotopic (exact) mass is 243 g/mol. The predicted octanol–water partition coefficient (Wildman–Crippen LogP) is 1.77. The highest BCUT2D eigenvalue weighted by molar-refractivity contribution is 5.66. The van der Waals surface area contributed by atoms with Crippen LogP contribution in [0.3, 0.4) is 0 Å². The normalized spacial score (nSPS) is 19.1. The maximum Gasteiger partial charge on any atom is 0.303 e. The molecule has 0 unspecified atom stereocenters. The van der Waals surface area contributed by atoms with Crippen LogP contribution in [-0.4, -0.2) is 35.9 Å². The molecule has 1 aliphatic rings. The van der Waals surface area contributed by atoms with Crippen molar-refractivity contribution in [3.63, 3.8) is 0 Å². The Morgan fingerprint density at radius 3 is 2.47 bits per heavy atom. The van der Waals surface area contributed by atoms with Crippen molar-refractivity contribution in [1.29, 1.82) is 0 Å². The van der Waals surface area contributed by atoms with Crippen LogP contribution in [0.1, 0.15) is 51.4 Å². The van der Waals surface area contributed by atoms with E-state index >= 15 is 0 Å². The summed E-state index contributed by atoms with van der Waals surface area (Å²) >= 11 is 0. The van der Waals surface area contributed by atoms with Crippen LogP contribution >= 0.6 is 0 Å². The summed E-state index contributed by atoms with van der Waals surface area (Å²) in [5, 5.41) is 21.4. The van der Waals surface area contributed by atoms with E-state index in [1.807, 2.05) is 0 Å². The van der Waals surface area contributed by atoms with E-state index in [0.717, 1.165) is 38.8 Å². The van der Waals surface area contributed by atoms with Crippen molar-refractivity contribution >= 4 is 5.97 Å². The maximum atomic E-state index is 10.3. The fourth-order valence-corrected chi connectivity index (χ4v) is 2.57. The fourth-order valence-electron chi connectivity index (χ4n) is 2.57. The van der Waals surface area contributed by atoms with Gasteiger partial charge in [-0.15, -0.1) is 0 Å². The number of hydrogen-bond donors (Lipinski definition) is 3. The highest BCUT2D eigenvalue weighted by Gasteiger charge is 2.30. The molecule has 0 aromatic carbocycles. The SMILES string of the molecule is O=C(O)CCCCNCC1(CO)CCCCC1. The molecule has 1 saturated carbocycles. The third kappa shape index (κ3) is 5.50. The molecule has 1 rings (SSSR count). The van der Waals surface area contributed by atoms with Crippen molar-refractivity contribution in [2.45, 2.75) is 51.4 Å². The van der Waals surface area contributed by atoms with Gasteiger partial charge in [-0.3, -0.25) is 4.79 Å². The van der Waals surface area contributed by atoms with E-state index in [9.17, 15) is 9.90 Å². The lowest BCUT2D eigenvalue weighted by atomic mass is 9.74. The average molecular weight is 243 g/mol. The number of nitrogens with one attached hydrogen (secondary N) is 1. The van der Waals surface area contributed by atoms with Gasteiger partial charge in [0.2, 0.25) is 0 Å². The van der Waals surface area contributed by atoms with Crippen molar-refractivity contribution in [3.8, 4) is 0 Å². The summed E-state index contributed by atoms with van der Waals surface area (Å²) < 4.78 is 0. The molecule has 17 heavy (non-hydrogen) atoms. The Morgan fingerprint density at radius 1 is 1.18 bits per heavy atom. The molecule has 0 spiro atoms. The number of aliphatic hydroxyl groups is 1. The standard InChI is InChI=1S/C13H25NO3/c15-11-13(7-3-1-4-8-13)10-14-9-5-2-6-12(16)17/h14-15H,1-11H2,(H,16,17). The fraction of sp³-hybridized carbons (Fsp3) is 0.923. The Labute approximate surface area is 103 Å². The molecule has 4 heteroatoms. The first-order valence-electron chi connectivity index (χ1n) is 6.72. The molecule has 0 atom stereocenters. The Balaban J connectivity index is 2.09. The predicted molar refractivity (Wildman–Crippen MR) is 67.0 cm³/mol. The molecule has 0 bridgehead atoms. The van der Waals surface area contributed by atoms with Crippen LogP contribution in [0.2, 0.25) is 0 Å². The quantitative estimate of drug-likeness (QED) is 0.568. The number of aliphatic carboxylic acids is 1. The number of aliphatic hydroxyl groups excluding tert-OH is 1. The summed E-state index contributed by atoms with van der Waals surface area (Å²) in [6.07, 6.45) is 7.86. The molecule has 3 N–H and O–H groups in total. The molecule has 0 aromatic heterocycles. The van der Waals surface area contributed by atoms with Gasteiger partial charge in [0.15, 0.2) is 0 Å². The molecule has 1 fully saturated rings. The zero-order valence-corrected chi connectivity index (χ0v) is 10.6. The molecule has 0 amide bonds. The van der Waals surface area contributed by atoms with E-state index in [1.54, 1.807) is 0 Å². The van der Waals surface area contributed by atoms with E-state index in [1.165, 1.54) is 19.3 Å². The first kappa shape index (κ1) is 14.5. The molecular formula is C13H25NO3. The van der Waals surface area contributed by atoms with E-state index in [2.05, 4.69) is 5.32 Å². The first-order chi connectivity index (χ1) is 8.18. The van der Waals surface area contributed by atoms with Gasteiger partial charge in [-0.2, -0.15) is 0 Å². The van der Waals surface area contributed by atoms with Crippen LogP contribution in [0, 0.1) is 5.41 Å². The van der Waals surface area contributed by atoms with E-state index in [0.29, 0.717) is 0 Å². The number of carbonyl (C=O) groups is 1. The largest absolute Gasteiger partial charge is 0.481 e. The highest BCUT2D eigenvalue weighted by Crippen LogP contribution is 2.35. The number of rotatable bonds is 8. The molecule has 100 valence electrons. The van der Waals surface area contributed by atoms with Gasteiger partial charge in [0.05, 0.1) is 0 Å². The number of carboxylic acids is 1. The van der Waals surface area contributed by atoms with Crippen LogP contribution in [-0.2, 0) is 4.79 Å². The molecular weight excluding hydrogens is 218 g/mol. The smallest absolute Gasteiger partial charge is 0.303 e. The maximum absolute atomic E-state index is 10.3. The second-order valence-corrected chi connectivity index (χ2v) is 5.25. The topological polar surface area (TPSA) is 69.6 Å². The van der Waals surface area contributed by atoms with E-state index in [4.69, 9.17) is 5.11 Å². The zero-order chi connectivity index (χ0) is 12.6. The molecule has 0 aromatic rings. The average Bonchev–Trinajstić information content (AvgIpc) is 2.34. The molecule has 0 aliphatic heterocycles. The first-order valence-corrected chi connectivity index (χ1v) is 6.72. The minimum atomic E-state index is -0.718. The van der Waals surface area contributed by atoms with Gasteiger partial charge in [-0.05, 0) is 32.2 Å². The molecule has 0 radical (unpaired) electrons. The second-order valence-electron chi connectivity index (χ2n) is 5.25. The lowest BCUT2D eigenvalue weighted by molar-refractivity contribution is -0.137. The van der Waals surface area contributed by atoms with Gasteiger partial charge >= 0.3 is 5.97 Å². The van der Waals surface area contributed by atoms with Crippen LogP contribution in [0.15, 0.2) is 0 Å². The summed E-state index contributed by atoms with van der Waals surface area (Å²) in [4.78, 5) is 10.3. The third-order valence-electron chi connectivity index (χ3n) is 3.74. The lowest BCUT2D eigenvalue weighted by Crippen LogP contribution is -2.39. The summed E-state index contributed by atoms with van der Waals surface area (Å²) in [5.41, 5.74) is 0.0883. The molecule has 1 aliphatic carbocycles. The second kappa shape index (κ2) is 7.67. The molecule has 0 saturated heterocycles. The van der Waals surface area contributed by atoms with Crippen molar-refractivity contribution < 1.29 is 15.0 Å². The van der Waals surface area contributed by atoms with Gasteiger partial charge < -0.3 is 15.5 Å². The Kier molecular flexibility index (Phi) is 6.52. The number of unbranched alkanes of at least 4 members (excludes halogenated alkanes) is 1. The molecule has 0 heterocycles. The molecule has 4 nitrogen and oxygen atoms in total.